The van der Waals surface area contributed by atoms with Crippen LogP contribution in [0.5, 0.6) is 0 Å². The van der Waals surface area contributed by atoms with Crippen LogP contribution in [0.25, 0.3) is 0 Å². The molecule has 0 N–H and O–H groups in total. The van der Waals surface area contributed by atoms with E-state index in [1.165, 1.54) is 0 Å². The fraction of sp³-hybridized carbons (Fsp3) is 0.417. The highest BCUT2D eigenvalue weighted by atomic mass is 16.7. The van der Waals surface area contributed by atoms with Gasteiger partial charge in [-0.2, -0.15) is 0 Å². The molecular weight excluding hydrogens is 192 g/mol. The number of hydrogen-bond donors (Lipinski definition) is 0. The molecule has 0 radical (unpaired) electrons. The number of ketones is 1. The van der Waals surface area contributed by atoms with Crippen molar-refractivity contribution >= 4 is 5.78 Å². The maximum atomic E-state index is 12.2. The van der Waals surface area contributed by atoms with Crippen LogP contribution in [0.3, 0.4) is 0 Å². The van der Waals surface area contributed by atoms with Crippen LogP contribution in [0.1, 0.15) is 15.9 Å². The smallest absolute Gasteiger partial charge is 0.174 e. The summed E-state index contributed by atoms with van der Waals surface area (Å²) in [6, 6.07) is 7.77. The van der Waals surface area contributed by atoms with Crippen molar-refractivity contribution < 1.29 is 14.3 Å². The third kappa shape index (κ3) is 1.24. The normalized spacial score (nSPS) is 23.1. The molecule has 1 heterocycles. The van der Waals surface area contributed by atoms with Gasteiger partial charge in [0.25, 0.3) is 0 Å². The van der Waals surface area contributed by atoms with Crippen molar-refractivity contribution in [3.05, 3.63) is 35.4 Å². The first-order chi connectivity index (χ1) is 7.32. The molecule has 0 aromatic heterocycles. The Hall–Kier alpha value is -1.19. The number of hydrogen-bond acceptors (Lipinski definition) is 3. The van der Waals surface area contributed by atoms with Crippen LogP contribution in [0, 0.1) is 5.41 Å². The number of benzene rings is 1. The summed E-state index contributed by atoms with van der Waals surface area (Å²) in [5.74, 6) is 0.179. The first kappa shape index (κ1) is 9.07. The second kappa shape index (κ2) is 3.15. The lowest BCUT2D eigenvalue weighted by atomic mass is 9.85. The molecule has 3 heteroatoms. The Labute approximate surface area is 88.0 Å². The molecule has 1 aliphatic heterocycles. The second-order valence-corrected chi connectivity index (χ2v) is 4.26. The van der Waals surface area contributed by atoms with E-state index in [2.05, 4.69) is 0 Å². The van der Waals surface area contributed by atoms with Gasteiger partial charge >= 0.3 is 0 Å². The Morgan fingerprint density at radius 3 is 2.60 bits per heavy atom. The molecule has 78 valence electrons. The van der Waals surface area contributed by atoms with Gasteiger partial charge in [0.05, 0.1) is 18.6 Å². The highest BCUT2D eigenvalue weighted by molar-refractivity contribution is 6.05. The van der Waals surface area contributed by atoms with Gasteiger partial charge in [-0.3, -0.25) is 4.79 Å². The molecule has 3 rings (SSSR count). The molecule has 15 heavy (non-hydrogen) atoms. The van der Waals surface area contributed by atoms with Crippen molar-refractivity contribution in [2.75, 3.05) is 20.0 Å². The standard InChI is InChI=1S/C12H12O3/c13-11-10-4-2-1-3-9(10)5-12(11)6-14-8-15-7-12/h1-4H,5-8H2. The molecule has 1 aromatic carbocycles. The molecule has 1 aromatic rings. The Balaban J connectivity index is 2.01. The Bertz CT molecular complexity index is 405. The van der Waals surface area contributed by atoms with Gasteiger partial charge < -0.3 is 9.47 Å². The molecule has 1 fully saturated rings. The first-order valence-corrected chi connectivity index (χ1v) is 5.10. The van der Waals surface area contributed by atoms with Crippen molar-refractivity contribution in [2.45, 2.75) is 6.42 Å². The summed E-state index contributed by atoms with van der Waals surface area (Å²) in [5.41, 5.74) is 1.52. The van der Waals surface area contributed by atoms with Crippen molar-refractivity contribution in [1.82, 2.24) is 0 Å². The maximum absolute atomic E-state index is 12.2. The zero-order valence-electron chi connectivity index (χ0n) is 8.36. The van der Waals surface area contributed by atoms with Gasteiger partial charge in [0.15, 0.2) is 5.78 Å². The molecular formula is C12H12O3. The predicted octanol–water partition coefficient (Wildman–Crippen LogP) is 1.42. The molecule has 0 bridgehead atoms. The number of carbonyl (C=O) groups is 1. The fourth-order valence-corrected chi connectivity index (χ4v) is 2.43. The molecule has 1 saturated heterocycles. The highest BCUT2D eigenvalue weighted by Crippen LogP contribution is 2.38. The number of fused-ring (bicyclic) bond motifs is 1. The lowest BCUT2D eigenvalue weighted by Crippen LogP contribution is -2.42. The Kier molecular flexibility index (Phi) is 1.90. The summed E-state index contributed by atoms with van der Waals surface area (Å²) in [6.45, 7) is 1.28. The summed E-state index contributed by atoms with van der Waals surface area (Å²) < 4.78 is 10.5. The lowest BCUT2D eigenvalue weighted by molar-refractivity contribution is -0.147. The molecule has 1 spiro atoms. The zero-order valence-corrected chi connectivity index (χ0v) is 8.36. The first-order valence-electron chi connectivity index (χ1n) is 5.10. The number of Topliss-reactive ketones (excluding diaryl/α,β-unsaturated/α-hetero) is 1. The van der Waals surface area contributed by atoms with E-state index < -0.39 is 5.41 Å². The van der Waals surface area contributed by atoms with Crippen LogP contribution >= 0.6 is 0 Å². The molecule has 0 saturated carbocycles. The van der Waals surface area contributed by atoms with E-state index in [0.29, 0.717) is 20.0 Å². The topological polar surface area (TPSA) is 35.5 Å². The maximum Gasteiger partial charge on any atom is 0.174 e. The fourth-order valence-electron chi connectivity index (χ4n) is 2.43. The molecule has 0 amide bonds. The Morgan fingerprint density at radius 1 is 1.13 bits per heavy atom. The van der Waals surface area contributed by atoms with E-state index in [0.717, 1.165) is 17.5 Å². The minimum Gasteiger partial charge on any atom is -0.354 e. The van der Waals surface area contributed by atoms with Crippen LogP contribution in [0.2, 0.25) is 0 Å². The van der Waals surface area contributed by atoms with Gasteiger partial charge in [-0.05, 0) is 12.0 Å². The monoisotopic (exact) mass is 204 g/mol. The third-order valence-corrected chi connectivity index (χ3v) is 3.20. The van der Waals surface area contributed by atoms with Gasteiger partial charge in [-0.1, -0.05) is 24.3 Å². The van der Waals surface area contributed by atoms with Crippen LogP contribution < -0.4 is 0 Å². The summed E-state index contributed by atoms with van der Waals surface area (Å²) in [7, 11) is 0. The van der Waals surface area contributed by atoms with E-state index in [1.54, 1.807) is 0 Å². The minimum atomic E-state index is -0.443. The van der Waals surface area contributed by atoms with Crippen LogP contribution in [-0.2, 0) is 15.9 Å². The molecule has 0 unspecified atom stereocenters. The van der Waals surface area contributed by atoms with Gasteiger partial charge in [0.1, 0.15) is 6.79 Å². The summed E-state index contributed by atoms with van der Waals surface area (Å²) >= 11 is 0. The van der Waals surface area contributed by atoms with Gasteiger partial charge in [-0.15, -0.1) is 0 Å². The van der Waals surface area contributed by atoms with E-state index in [-0.39, 0.29) is 5.78 Å². The number of carbonyl (C=O) groups excluding carboxylic acids is 1. The number of ether oxygens (including phenoxy) is 2. The SMILES string of the molecule is O=C1c2ccccc2CC12COCOC2. The van der Waals surface area contributed by atoms with Gasteiger partial charge in [0, 0.05) is 5.56 Å². The molecule has 1 aliphatic carbocycles. The summed E-state index contributed by atoms with van der Waals surface area (Å²) in [5, 5.41) is 0. The largest absolute Gasteiger partial charge is 0.354 e. The second-order valence-electron chi connectivity index (χ2n) is 4.26. The average Bonchev–Trinajstić information content (AvgIpc) is 2.54. The van der Waals surface area contributed by atoms with Crippen molar-refractivity contribution in [3.63, 3.8) is 0 Å². The van der Waals surface area contributed by atoms with Gasteiger partial charge in [0.2, 0.25) is 0 Å². The van der Waals surface area contributed by atoms with E-state index in [9.17, 15) is 4.79 Å². The van der Waals surface area contributed by atoms with Crippen LogP contribution in [0.15, 0.2) is 24.3 Å². The molecule has 3 nitrogen and oxygen atoms in total. The lowest BCUT2D eigenvalue weighted by Gasteiger charge is -2.31. The minimum absolute atomic E-state index is 0.179. The molecule has 2 aliphatic rings. The zero-order chi connectivity index (χ0) is 10.3. The van der Waals surface area contributed by atoms with E-state index in [4.69, 9.17) is 9.47 Å². The van der Waals surface area contributed by atoms with Gasteiger partial charge in [-0.25, -0.2) is 0 Å². The van der Waals surface area contributed by atoms with E-state index in [1.807, 2.05) is 24.3 Å². The van der Waals surface area contributed by atoms with Crippen molar-refractivity contribution in [1.29, 1.82) is 0 Å². The van der Waals surface area contributed by atoms with E-state index >= 15 is 0 Å². The predicted molar refractivity (Wildman–Crippen MR) is 53.7 cm³/mol. The third-order valence-electron chi connectivity index (χ3n) is 3.20. The average molecular weight is 204 g/mol. The van der Waals surface area contributed by atoms with Crippen LogP contribution in [0.4, 0.5) is 0 Å². The highest BCUT2D eigenvalue weighted by Gasteiger charge is 2.47. The Morgan fingerprint density at radius 2 is 1.87 bits per heavy atom. The molecule has 0 atom stereocenters. The van der Waals surface area contributed by atoms with Crippen LogP contribution in [-0.4, -0.2) is 25.8 Å². The number of rotatable bonds is 0. The summed E-state index contributed by atoms with van der Waals surface area (Å²) in [4.78, 5) is 12.2. The summed E-state index contributed by atoms with van der Waals surface area (Å²) in [6.07, 6.45) is 0.752. The van der Waals surface area contributed by atoms with Crippen molar-refractivity contribution in [3.8, 4) is 0 Å². The quantitative estimate of drug-likeness (QED) is 0.641. The van der Waals surface area contributed by atoms with Crippen molar-refractivity contribution in [2.24, 2.45) is 5.41 Å².